The highest BCUT2D eigenvalue weighted by Crippen LogP contribution is 2.20. The van der Waals surface area contributed by atoms with E-state index in [1.54, 1.807) is 0 Å². The lowest BCUT2D eigenvalue weighted by Gasteiger charge is -2.26. The van der Waals surface area contributed by atoms with Crippen molar-refractivity contribution in [2.75, 3.05) is 18.8 Å². The van der Waals surface area contributed by atoms with Gasteiger partial charge in [0, 0.05) is 0 Å². The molecule has 1 fully saturated rings. The number of nitrogens with one attached hydrogen (secondary N) is 1. The third kappa shape index (κ3) is 4.43. The molecule has 1 N–H and O–H groups in total. The van der Waals surface area contributed by atoms with Gasteiger partial charge >= 0.3 is 0 Å². The van der Waals surface area contributed by atoms with Crippen LogP contribution in [0.4, 0.5) is 0 Å². The molecule has 0 aliphatic carbocycles. The summed E-state index contributed by atoms with van der Waals surface area (Å²) in [5.41, 5.74) is -0.102. The molecule has 0 aromatic carbocycles. The van der Waals surface area contributed by atoms with Crippen molar-refractivity contribution in [3.05, 3.63) is 0 Å². The fraction of sp³-hybridized carbons (Fsp3) is 0.800. The molecule has 0 bridgehead atoms. The maximum atomic E-state index is 11.9. The molecule has 0 radical (unpaired) electrons. The van der Waals surface area contributed by atoms with E-state index in [-0.39, 0.29) is 24.3 Å². The van der Waals surface area contributed by atoms with Crippen LogP contribution in [0.1, 0.15) is 27.2 Å². The second-order valence-electron chi connectivity index (χ2n) is 5.37. The van der Waals surface area contributed by atoms with Crippen molar-refractivity contribution < 1.29 is 18.0 Å². The van der Waals surface area contributed by atoms with Crippen LogP contribution in [-0.4, -0.2) is 43.4 Å². The van der Waals surface area contributed by atoms with Crippen LogP contribution >= 0.6 is 0 Å². The smallest absolute Gasteiger partial charge is 0.241 e. The molecule has 17 heavy (non-hydrogen) atoms. The summed E-state index contributed by atoms with van der Waals surface area (Å²) in [6, 6.07) is 0. The summed E-state index contributed by atoms with van der Waals surface area (Å²) in [6.45, 7) is 5.29. The third-order valence-corrected chi connectivity index (χ3v) is 4.19. The lowest BCUT2D eigenvalue weighted by molar-refractivity contribution is -0.134. The van der Waals surface area contributed by atoms with Gasteiger partial charge in [-0.2, -0.15) is 4.31 Å². The highest BCUT2D eigenvalue weighted by molar-refractivity contribution is 7.89. The third-order valence-electron chi connectivity index (χ3n) is 2.42. The second-order valence-corrected chi connectivity index (χ2v) is 7.45. The number of nitrogens with zero attached hydrogens (tertiary/aromatic N) is 1. The molecule has 1 aliphatic heterocycles. The lowest BCUT2D eigenvalue weighted by Crippen LogP contribution is -2.53. The van der Waals surface area contributed by atoms with Crippen molar-refractivity contribution >= 4 is 21.8 Å². The number of imide groups is 1. The molecule has 0 aromatic heterocycles. The van der Waals surface area contributed by atoms with Crippen LogP contribution in [0.3, 0.4) is 0 Å². The number of sulfonamides is 1. The molecule has 0 unspecified atom stereocenters. The van der Waals surface area contributed by atoms with Crippen LogP contribution in [0, 0.1) is 5.41 Å². The molecule has 2 amide bonds. The summed E-state index contributed by atoms with van der Waals surface area (Å²) >= 11 is 0. The van der Waals surface area contributed by atoms with E-state index in [9.17, 15) is 18.0 Å². The van der Waals surface area contributed by atoms with Crippen LogP contribution < -0.4 is 5.32 Å². The van der Waals surface area contributed by atoms with Crippen LogP contribution in [0.25, 0.3) is 0 Å². The molecule has 6 nitrogen and oxygen atoms in total. The number of carbonyl (C=O) groups is 2. The van der Waals surface area contributed by atoms with Gasteiger partial charge in [-0.05, 0) is 11.8 Å². The molecule has 7 heteroatoms. The maximum Gasteiger partial charge on any atom is 0.241 e. The molecule has 0 spiro atoms. The van der Waals surface area contributed by atoms with Gasteiger partial charge in [0.1, 0.15) is 0 Å². The number of piperazine rings is 1. The Morgan fingerprint density at radius 3 is 2.06 bits per heavy atom. The van der Waals surface area contributed by atoms with Gasteiger partial charge in [0.25, 0.3) is 0 Å². The summed E-state index contributed by atoms with van der Waals surface area (Å²) in [5, 5.41) is 2.07. The summed E-state index contributed by atoms with van der Waals surface area (Å²) in [4.78, 5) is 22.2. The Labute approximate surface area is 101 Å². The van der Waals surface area contributed by atoms with Gasteiger partial charge in [-0.1, -0.05) is 20.8 Å². The fourth-order valence-electron chi connectivity index (χ4n) is 1.37. The Morgan fingerprint density at radius 2 is 1.65 bits per heavy atom. The zero-order chi connectivity index (χ0) is 13.3. The van der Waals surface area contributed by atoms with Crippen molar-refractivity contribution in [2.24, 2.45) is 5.41 Å². The van der Waals surface area contributed by atoms with Gasteiger partial charge in [-0.25, -0.2) is 8.42 Å². The van der Waals surface area contributed by atoms with Crippen molar-refractivity contribution in [1.82, 2.24) is 9.62 Å². The summed E-state index contributed by atoms with van der Waals surface area (Å²) in [5.74, 6) is -1.18. The van der Waals surface area contributed by atoms with E-state index in [0.29, 0.717) is 6.42 Å². The van der Waals surface area contributed by atoms with Crippen LogP contribution in [0.2, 0.25) is 0 Å². The minimum absolute atomic E-state index is 0.0446. The standard InChI is InChI=1S/C10H18N2O4S/c1-10(2,3)4-5-17(15,16)12-6-8(13)11-9(14)7-12/h4-7H2,1-3H3,(H,11,13,14). The zero-order valence-corrected chi connectivity index (χ0v) is 11.1. The number of hydrogen-bond acceptors (Lipinski definition) is 4. The molecule has 1 aliphatic rings. The van der Waals surface area contributed by atoms with Gasteiger partial charge < -0.3 is 0 Å². The van der Waals surface area contributed by atoms with Gasteiger partial charge in [-0.15, -0.1) is 0 Å². The monoisotopic (exact) mass is 262 g/mol. The first-order valence-electron chi connectivity index (χ1n) is 5.41. The first-order chi connectivity index (χ1) is 7.60. The van der Waals surface area contributed by atoms with Gasteiger partial charge in [0.15, 0.2) is 0 Å². The Kier molecular flexibility index (Phi) is 3.93. The predicted molar refractivity (Wildman–Crippen MR) is 62.6 cm³/mol. The highest BCUT2D eigenvalue weighted by Gasteiger charge is 2.32. The Hall–Kier alpha value is -0.950. The number of rotatable bonds is 3. The Morgan fingerprint density at radius 1 is 1.18 bits per heavy atom. The van der Waals surface area contributed by atoms with Crippen molar-refractivity contribution in [3.63, 3.8) is 0 Å². The first-order valence-corrected chi connectivity index (χ1v) is 7.02. The van der Waals surface area contributed by atoms with Crippen LogP contribution in [0.15, 0.2) is 0 Å². The number of hydrogen-bond donors (Lipinski definition) is 1. The topological polar surface area (TPSA) is 83.6 Å². The van der Waals surface area contributed by atoms with Gasteiger partial charge in [-0.3, -0.25) is 14.9 Å². The quantitative estimate of drug-likeness (QED) is 0.708. The lowest BCUT2D eigenvalue weighted by atomic mass is 9.94. The van der Waals surface area contributed by atoms with Crippen molar-refractivity contribution in [2.45, 2.75) is 27.2 Å². The average Bonchev–Trinajstić information content (AvgIpc) is 2.12. The molecule has 1 heterocycles. The summed E-state index contributed by atoms with van der Waals surface area (Å²) in [6.07, 6.45) is 0.488. The number of amides is 2. The summed E-state index contributed by atoms with van der Waals surface area (Å²) in [7, 11) is -3.53. The van der Waals surface area contributed by atoms with E-state index < -0.39 is 21.8 Å². The molecule has 0 atom stereocenters. The maximum absolute atomic E-state index is 11.9. The molecular formula is C10H18N2O4S. The SMILES string of the molecule is CC(C)(C)CCS(=O)(=O)N1CC(=O)NC(=O)C1. The van der Waals surface area contributed by atoms with E-state index in [1.807, 2.05) is 20.8 Å². The minimum atomic E-state index is -3.53. The molecule has 1 saturated heterocycles. The normalized spacial score (nSPS) is 19.2. The zero-order valence-electron chi connectivity index (χ0n) is 10.3. The van der Waals surface area contributed by atoms with Crippen LogP contribution in [-0.2, 0) is 19.6 Å². The molecule has 1 rings (SSSR count). The number of carbonyl (C=O) groups excluding carboxylic acids is 2. The average molecular weight is 262 g/mol. The Balaban J connectivity index is 2.70. The van der Waals surface area contributed by atoms with Crippen molar-refractivity contribution in [1.29, 1.82) is 0 Å². The summed E-state index contributed by atoms with van der Waals surface area (Å²) < 4.78 is 24.8. The van der Waals surface area contributed by atoms with Gasteiger partial charge in [0.2, 0.25) is 21.8 Å². The van der Waals surface area contributed by atoms with E-state index in [4.69, 9.17) is 0 Å². The largest absolute Gasteiger partial charge is 0.294 e. The molecular weight excluding hydrogens is 244 g/mol. The second kappa shape index (κ2) is 4.73. The van der Waals surface area contributed by atoms with E-state index in [1.165, 1.54) is 0 Å². The Bertz CT molecular complexity index is 406. The minimum Gasteiger partial charge on any atom is -0.294 e. The fourth-order valence-corrected chi connectivity index (χ4v) is 3.13. The highest BCUT2D eigenvalue weighted by atomic mass is 32.2. The molecule has 98 valence electrons. The van der Waals surface area contributed by atoms with Crippen LogP contribution in [0.5, 0.6) is 0 Å². The first kappa shape index (κ1) is 14.1. The predicted octanol–water partition coefficient (Wildman–Crippen LogP) is -0.289. The molecule has 0 aromatic rings. The van der Waals surface area contributed by atoms with Crippen molar-refractivity contribution in [3.8, 4) is 0 Å². The van der Waals surface area contributed by atoms with Gasteiger partial charge in [0.05, 0.1) is 18.8 Å². The molecule has 0 saturated carbocycles. The van der Waals surface area contributed by atoms with E-state index >= 15 is 0 Å². The van der Waals surface area contributed by atoms with E-state index in [2.05, 4.69) is 5.32 Å². The van der Waals surface area contributed by atoms with E-state index in [0.717, 1.165) is 4.31 Å².